The largest absolute Gasteiger partial charge is 0.285 e. The third kappa shape index (κ3) is 4.96. The van der Waals surface area contributed by atoms with Crippen LogP contribution >= 0.6 is 23.2 Å². The van der Waals surface area contributed by atoms with Gasteiger partial charge in [-0.15, -0.1) is 0 Å². The second-order valence-electron chi connectivity index (χ2n) is 3.96. The highest BCUT2D eigenvalue weighted by Gasteiger charge is 2.03. The smallest absolute Gasteiger partial charge is 0.160 e. The van der Waals surface area contributed by atoms with E-state index in [-0.39, 0.29) is 0 Å². The number of halogens is 2. The molecule has 0 aliphatic carbocycles. The third-order valence-corrected chi connectivity index (χ3v) is 3.92. The Morgan fingerprint density at radius 1 is 0.842 bits per heavy atom. The van der Waals surface area contributed by atoms with Gasteiger partial charge in [-0.05, 0) is 35.4 Å². The zero-order chi connectivity index (χ0) is 13.7. The second-order valence-corrected chi connectivity index (χ2v) is 5.97. The Morgan fingerprint density at radius 3 is 1.84 bits per heavy atom. The van der Waals surface area contributed by atoms with Gasteiger partial charge in [0, 0.05) is 10.0 Å². The minimum Gasteiger partial charge on any atom is -0.285 e. The van der Waals surface area contributed by atoms with Gasteiger partial charge >= 0.3 is 0 Å². The average Bonchev–Trinajstić information content (AvgIpc) is 2.41. The van der Waals surface area contributed by atoms with Crippen LogP contribution in [0.15, 0.2) is 48.5 Å². The summed E-state index contributed by atoms with van der Waals surface area (Å²) < 4.78 is 17.1. The van der Waals surface area contributed by atoms with Crippen molar-refractivity contribution in [3.05, 3.63) is 69.7 Å². The quantitative estimate of drug-likeness (QED) is 0.819. The number of hydrogen-bond donors (Lipinski definition) is 0. The Hall–Kier alpha value is -0.870. The molecule has 0 radical (unpaired) electrons. The molecule has 1 atom stereocenters. The Balaban J connectivity index is 1.84. The van der Waals surface area contributed by atoms with Crippen LogP contribution in [0.3, 0.4) is 0 Å². The maximum Gasteiger partial charge on any atom is 0.160 e. The van der Waals surface area contributed by atoms with Crippen LogP contribution in [0.1, 0.15) is 11.1 Å². The highest BCUT2D eigenvalue weighted by Crippen LogP contribution is 2.13. The standard InChI is InChI=1S/C14H12Cl2O2S/c15-13-5-1-11(2-6-13)9-18-19(17)10-12-3-7-14(16)8-4-12/h1-8H,9-10H2. The van der Waals surface area contributed by atoms with E-state index in [4.69, 9.17) is 27.4 Å². The summed E-state index contributed by atoms with van der Waals surface area (Å²) in [4.78, 5) is 0. The minimum atomic E-state index is -1.36. The zero-order valence-corrected chi connectivity index (χ0v) is 12.3. The Morgan fingerprint density at radius 2 is 1.32 bits per heavy atom. The zero-order valence-electron chi connectivity index (χ0n) is 10.0. The highest BCUT2D eigenvalue weighted by molar-refractivity contribution is 7.79. The molecule has 100 valence electrons. The van der Waals surface area contributed by atoms with E-state index in [9.17, 15) is 4.21 Å². The predicted octanol–water partition coefficient (Wildman–Crippen LogP) is 4.37. The van der Waals surface area contributed by atoms with Crippen LogP contribution in [-0.2, 0) is 27.6 Å². The van der Waals surface area contributed by atoms with Crippen molar-refractivity contribution in [1.29, 1.82) is 0 Å². The molecule has 0 saturated heterocycles. The Bertz CT molecular complexity index is 553. The molecule has 0 N–H and O–H groups in total. The fourth-order valence-electron chi connectivity index (χ4n) is 1.47. The number of rotatable bonds is 5. The van der Waals surface area contributed by atoms with E-state index >= 15 is 0 Å². The summed E-state index contributed by atoms with van der Waals surface area (Å²) in [6.07, 6.45) is 0. The van der Waals surface area contributed by atoms with Crippen LogP contribution in [0, 0.1) is 0 Å². The lowest BCUT2D eigenvalue weighted by atomic mass is 10.2. The van der Waals surface area contributed by atoms with Gasteiger partial charge in [0.1, 0.15) is 0 Å². The molecule has 0 amide bonds. The molecule has 19 heavy (non-hydrogen) atoms. The lowest BCUT2D eigenvalue weighted by Gasteiger charge is -2.04. The number of benzene rings is 2. The predicted molar refractivity (Wildman–Crippen MR) is 79.5 cm³/mol. The van der Waals surface area contributed by atoms with Gasteiger partial charge in [0.25, 0.3) is 0 Å². The summed E-state index contributed by atoms with van der Waals surface area (Å²) in [5.74, 6) is 0.352. The summed E-state index contributed by atoms with van der Waals surface area (Å²) >= 11 is 10.2. The van der Waals surface area contributed by atoms with Crippen LogP contribution in [-0.4, -0.2) is 4.21 Å². The Kier molecular flexibility index (Phi) is 5.40. The molecule has 0 heterocycles. The molecular weight excluding hydrogens is 303 g/mol. The van der Waals surface area contributed by atoms with Gasteiger partial charge < -0.3 is 0 Å². The van der Waals surface area contributed by atoms with Crippen molar-refractivity contribution in [2.24, 2.45) is 0 Å². The topological polar surface area (TPSA) is 26.3 Å². The molecular formula is C14H12Cl2O2S. The summed E-state index contributed by atoms with van der Waals surface area (Å²) in [5.41, 5.74) is 1.87. The van der Waals surface area contributed by atoms with Gasteiger partial charge in [-0.2, -0.15) is 0 Å². The average molecular weight is 315 g/mol. The fourth-order valence-corrected chi connectivity index (χ4v) is 2.54. The van der Waals surface area contributed by atoms with Gasteiger partial charge in [-0.1, -0.05) is 47.5 Å². The van der Waals surface area contributed by atoms with E-state index in [1.165, 1.54) is 0 Å². The van der Waals surface area contributed by atoms with Crippen LogP contribution < -0.4 is 0 Å². The normalized spacial score (nSPS) is 12.3. The molecule has 0 bridgehead atoms. The summed E-state index contributed by atoms with van der Waals surface area (Å²) in [6, 6.07) is 14.5. The maximum absolute atomic E-state index is 11.8. The molecule has 0 aliphatic rings. The molecule has 0 aliphatic heterocycles. The minimum absolute atomic E-state index is 0.303. The van der Waals surface area contributed by atoms with E-state index < -0.39 is 11.1 Å². The third-order valence-electron chi connectivity index (χ3n) is 2.47. The first-order valence-electron chi connectivity index (χ1n) is 5.64. The van der Waals surface area contributed by atoms with Crippen molar-refractivity contribution in [2.75, 3.05) is 0 Å². The van der Waals surface area contributed by atoms with Crippen LogP contribution in [0.4, 0.5) is 0 Å². The van der Waals surface area contributed by atoms with Crippen molar-refractivity contribution >= 4 is 34.3 Å². The molecule has 0 fully saturated rings. The van der Waals surface area contributed by atoms with Gasteiger partial charge in [0.15, 0.2) is 11.1 Å². The summed E-state index contributed by atoms with van der Waals surface area (Å²) in [6.45, 7) is 0.303. The van der Waals surface area contributed by atoms with Gasteiger partial charge in [-0.3, -0.25) is 4.18 Å². The maximum atomic E-state index is 11.8. The van der Waals surface area contributed by atoms with Crippen LogP contribution in [0.5, 0.6) is 0 Å². The van der Waals surface area contributed by atoms with Gasteiger partial charge in [0.05, 0.1) is 12.4 Å². The molecule has 1 unspecified atom stereocenters. The van der Waals surface area contributed by atoms with Crippen molar-refractivity contribution in [3.8, 4) is 0 Å². The molecule has 2 nitrogen and oxygen atoms in total. The van der Waals surface area contributed by atoms with Crippen molar-refractivity contribution in [1.82, 2.24) is 0 Å². The molecule has 2 aromatic rings. The monoisotopic (exact) mass is 314 g/mol. The molecule has 0 saturated carbocycles. The molecule has 5 heteroatoms. The molecule has 0 aromatic heterocycles. The van der Waals surface area contributed by atoms with E-state index in [1.807, 2.05) is 24.3 Å². The lowest BCUT2D eigenvalue weighted by molar-refractivity contribution is 0.337. The van der Waals surface area contributed by atoms with Crippen molar-refractivity contribution in [2.45, 2.75) is 12.4 Å². The van der Waals surface area contributed by atoms with Crippen LogP contribution in [0.2, 0.25) is 10.0 Å². The number of hydrogen-bond acceptors (Lipinski definition) is 2. The summed E-state index contributed by atoms with van der Waals surface area (Å²) in [7, 11) is 0. The molecule has 2 aromatic carbocycles. The second kappa shape index (κ2) is 7.06. The van der Waals surface area contributed by atoms with Crippen molar-refractivity contribution < 1.29 is 8.39 Å². The molecule has 2 rings (SSSR count). The fraction of sp³-hybridized carbons (Fsp3) is 0.143. The molecule has 0 spiro atoms. The highest BCUT2D eigenvalue weighted by atomic mass is 35.5. The van der Waals surface area contributed by atoms with Gasteiger partial charge in [0.2, 0.25) is 0 Å². The van der Waals surface area contributed by atoms with Crippen LogP contribution in [0.25, 0.3) is 0 Å². The van der Waals surface area contributed by atoms with E-state index in [0.29, 0.717) is 22.4 Å². The first-order chi connectivity index (χ1) is 9.13. The lowest BCUT2D eigenvalue weighted by Crippen LogP contribution is -2.01. The van der Waals surface area contributed by atoms with E-state index in [2.05, 4.69) is 0 Å². The summed E-state index contributed by atoms with van der Waals surface area (Å²) in [5, 5.41) is 1.34. The van der Waals surface area contributed by atoms with Crippen molar-refractivity contribution in [3.63, 3.8) is 0 Å². The first-order valence-corrected chi connectivity index (χ1v) is 7.64. The van der Waals surface area contributed by atoms with Gasteiger partial charge in [-0.25, -0.2) is 4.21 Å². The SMILES string of the molecule is O=S(Cc1ccc(Cl)cc1)OCc1ccc(Cl)cc1. The first kappa shape index (κ1) is 14.5. The van der Waals surface area contributed by atoms with E-state index in [0.717, 1.165) is 11.1 Å². The Labute approximate surface area is 125 Å². The van der Waals surface area contributed by atoms with E-state index in [1.54, 1.807) is 24.3 Å².